The van der Waals surface area contributed by atoms with Gasteiger partial charge < -0.3 is 10.4 Å². The van der Waals surface area contributed by atoms with Crippen LogP contribution in [0, 0.1) is 6.92 Å². The number of nitrogens with one attached hydrogen (secondary N) is 1. The van der Waals surface area contributed by atoms with Crippen molar-refractivity contribution in [1.29, 1.82) is 0 Å². The Bertz CT molecular complexity index is 412. The van der Waals surface area contributed by atoms with Crippen LogP contribution in [-0.2, 0) is 11.2 Å². The molecule has 1 aromatic heterocycles. The van der Waals surface area contributed by atoms with Crippen molar-refractivity contribution in [2.24, 2.45) is 0 Å². The highest BCUT2D eigenvalue weighted by molar-refractivity contribution is 7.14. The predicted molar refractivity (Wildman–Crippen MR) is 67.6 cm³/mol. The zero-order chi connectivity index (χ0) is 12.8. The van der Waals surface area contributed by atoms with Crippen molar-refractivity contribution in [1.82, 2.24) is 5.32 Å². The second kappa shape index (κ2) is 6.39. The van der Waals surface area contributed by atoms with Crippen molar-refractivity contribution < 1.29 is 14.7 Å². The molecule has 0 atom stereocenters. The molecule has 2 N–H and O–H groups in total. The van der Waals surface area contributed by atoms with Crippen LogP contribution in [0.15, 0.2) is 6.07 Å². The molecule has 4 nitrogen and oxygen atoms in total. The minimum atomic E-state index is -0.903. The summed E-state index contributed by atoms with van der Waals surface area (Å²) in [5.41, 5.74) is 1.21. The van der Waals surface area contributed by atoms with E-state index in [-0.39, 0.29) is 18.9 Å². The van der Waals surface area contributed by atoms with Gasteiger partial charge in [-0.05, 0) is 25.0 Å². The number of carboxylic acid groups (broad SMARTS) is 1. The molecule has 0 saturated heterocycles. The maximum atomic E-state index is 11.7. The molecule has 1 aromatic rings. The quantitative estimate of drug-likeness (QED) is 0.819. The van der Waals surface area contributed by atoms with Crippen molar-refractivity contribution in [2.45, 2.75) is 33.1 Å². The Hall–Kier alpha value is -1.36. The van der Waals surface area contributed by atoms with E-state index in [0.29, 0.717) is 4.88 Å². The van der Waals surface area contributed by atoms with Gasteiger partial charge in [-0.15, -0.1) is 11.3 Å². The van der Waals surface area contributed by atoms with Crippen LogP contribution in [0.1, 0.15) is 39.9 Å². The Morgan fingerprint density at radius 1 is 1.47 bits per heavy atom. The first-order valence-corrected chi connectivity index (χ1v) is 6.45. The zero-order valence-electron chi connectivity index (χ0n) is 10.1. The molecule has 1 heterocycles. The van der Waals surface area contributed by atoms with Crippen molar-refractivity contribution in [3.63, 3.8) is 0 Å². The van der Waals surface area contributed by atoms with Gasteiger partial charge in [-0.2, -0.15) is 0 Å². The number of carbonyl (C=O) groups is 2. The lowest BCUT2D eigenvalue weighted by Crippen LogP contribution is -2.25. The second-order valence-electron chi connectivity index (χ2n) is 3.84. The summed E-state index contributed by atoms with van der Waals surface area (Å²) in [5, 5.41) is 11.1. The maximum absolute atomic E-state index is 11.7. The summed E-state index contributed by atoms with van der Waals surface area (Å²) in [6, 6.07) is 1.90. The van der Waals surface area contributed by atoms with Gasteiger partial charge in [0.05, 0.1) is 11.3 Å². The summed E-state index contributed by atoms with van der Waals surface area (Å²) in [5.74, 6) is -1.08. The van der Waals surface area contributed by atoms with Gasteiger partial charge >= 0.3 is 5.97 Å². The van der Waals surface area contributed by atoms with Crippen molar-refractivity contribution in [2.75, 3.05) is 6.54 Å². The highest BCUT2D eigenvalue weighted by Gasteiger charge is 2.11. The van der Waals surface area contributed by atoms with Gasteiger partial charge in [0.25, 0.3) is 5.91 Å². The monoisotopic (exact) mass is 255 g/mol. The van der Waals surface area contributed by atoms with Crippen LogP contribution >= 0.6 is 11.3 Å². The average molecular weight is 255 g/mol. The number of hydrogen-bond donors (Lipinski definition) is 2. The van der Waals surface area contributed by atoms with Gasteiger partial charge in [0.15, 0.2) is 0 Å². The SMILES string of the molecule is CCCc1cc(C(=O)NCCC(=O)O)sc1C. The lowest BCUT2D eigenvalue weighted by atomic mass is 10.1. The number of amides is 1. The Balaban J connectivity index is 2.57. The van der Waals surface area contributed by atoms with Crippen LogP contribution in [0.2, 0.25) is 0 Å². The molecule has 0 unspecified atom stereocenters. The van der Waals surface area contributed by atoms with Gasteiger partial charge in [-0.1, -0.05) is 13.3 Å². The topological polar surface area (TPSA) is 66.4 Å². The molecule has 0 fully saturated rings. The van der Waals surface area contributed by atoms with Crippen molar-refractivity contribution in [3.8, 4) is 0 Å². The van der Waals surface area contributed by atoms with Crippen molar-refractivity contribution in [3.05, 3.63) is 21.4 Å². The first-order chi connectivity index (χ1) is 8.04. The highest BCUT2D eigenvalue weighted by atomic mass is 32.1. The van der Waals surface area contributed by atoms with E-state index in [9.17, 15) is 9.59 Å². The number of hydrogen-bond acceptors (Lipinski definition) is 3. The molecular formula is C12H17NO3S. The number of aryl methyl sites for hydroxylation is 2. The summed E-state index contributed by atoms with van der Waals surface area (Å²) in [6.07, 6.45) is 1.99. The van der Waals surface area contributed by atoms with E-state index >= 15 is 0 Å². The van der Waals surface area contributed by atoms with Gasteiger partial charge in [-0.3, -0.25) is 9.59 Å². The van der Waals surface area contributed by atoms with E-state index in [1.165, 1.54) is 16.9 Å². The van der Waals surface area contributed by atoms with E-state index in [4.69, 9.17) is 5.11 Å². The van der Waals surface area contributed by atoms with E-state index in [1.807, 2.05) is 13.0 Å². The number of rotatable bonds is 6. The van der Waals surface area contributed by atoms with Crippen LogP contribution < -0.4 is 5.32 Å². The lowest BCUT2D eigenvalue weighted by Gasteiger charge is -2.00. The molecule has 94 valence electrons. The molecule has 5 heteroatoms. The highest BCUT2D eigenvalue weighted by Crippen LogP contribution is 2.22. The third kappa shape index (κ3) is 4.19. The molecule has 0 aliphatic heterocycles. The molecule has 0 aliphatic carbocycles. The van der Waals surface area contributed by atoms with Crippen LogP contribution in [0.3, 0.4) is 0 Å². The molecule has 0 radical (unpaired) electrons. The standard InChI is InChI=1S/C12H17NO3S/c1-3-4-9-7-10(17-8(9)2)12(16)13-6-5-11(14)15/h7H,3-6H2,1-2H3,(H,13,16)(H,14,15). The minimum Gasteiger partial charge on any atom is -0.481 e. The molecule has 1 amide bonds. The summed E-state index contributed by atoms with van der Waals surface area (Å²) in [6.45, 7) is 4.28. The van der Waals surface area contributed by atoms with Gasteiger partial charge in [0, 0.05) is 11.4 Å². The molecule has 0 aliphatic rings. The first-order valence-electron chi connectivity index (χ1n) is 5.64. The van der Waals surface area contributed by atoms with E-state index in [2.05, 4.69) is 12.2 Å². The second-order valence-corrected chi connectivity index (χ2v) is 5.10. The minimum absolute atomic E-state index is 0.0437. The summed E-state index contributed by atoms with van der Waals surface area (Å²) >= 11 is 1.46. The van der Waals surface area contributed by atoms with Crippen LogP contribution in [0.4, 0.5) is 0 Å². The Morgan fingerprint density at radius 2 is 2.18 bits per heavy atom. The van der Waals surface area contributed by atoms with E-state index in [0.717, 1.165) is 17.7 Å². The van der Waals surface area contributed by atoms with Gasteiger partial charge in [0.1, 0.15) is 0 Å². The van der Waals surface area contributed by atoms with Gasteiger partial charge in [0.2, 0.25) is 0 Å². The molecule has 0 bridgehead atoms. The Kier molecular flexibility index (Phi) is 5.15. The summed E-state index contributed by atoms with van der Waals surface area (Å²) in [4.78, 5) is 23.8. The largest absolute Gasteiger partial charge is 0.481 e. The smallest absolute Gasteiger partial charge is 0.305 e. The molecule has 0 saturated carbocycles. The molecule has 17 heavy (non-hydrogen) atoms. The first kappa shape index (κ1) is 13.7. The van der Waals surface area contributed by atoms with Gasteiger partial charge in [-0.25, -0.2) is 0 Å². The summed E-state index contributed by atoms with van der Waals surface area (Å²) in [7, 11) is 0. The van der Waals surface area contributed by atoms with E-state index in [1.54, 1.807) is 0 Å². The Labute approximate surface area is 105 Å². The molecule has 0 spiro atoms. The van der Waals surface area contributed by atoms with Crippen molar-refractivity contribution >= 4 is 23.2 Å². The third-order valence-electron chi connectivity index (χ3n) is 2.39. The average Bonchev–Trinajstić information content (AvgIpc) is 2.60. The summed E-state index contributed by atoms with van der Waals surface area (Å²) < 4.78 is 0. The number of thiophene rings is 1. The lowest BCUT2D eigenvalue weighted by molar-refractivity contribution is -0.136. The van der Waals surface area contributed by atoms with Crippen LogP contribution in [0.5, 0.6) is 0 Å². The number of carbonyl (C=O) groups excluding carboxylic acids is 1. The van der Waals surface area contributed by atoms with E-state index < -0.39 is 5.97 Å². The van der Waals surface area contributed by atoms with Crippen LogP contribution in [0.25, 0.3) is 0 Å². The molecule has 0 aromatic carbocycles. The zero-order valence-corrected chi connectivity index (χ0v) is 10.9. The normalized spacial score (nSPS) is 10.2. The maximum Gasteiger partial charge on any atom is 0.305 e. The Morgan fingerprint density at radius 3 is 2.76 bits per heavy atom. The number of carboxylic acids is 1. The fourth-order valence-electron chi connectivity index (χ4n) is 1.52. The fraction of sp³-hybridized carbons (Fsp3) is 0.500. The molecule has 1 rings (SSSR count). The molecular weight excluding hydrogens is 238 g/mol. The fourth-order valence-corrected chi connectivity index (χ4v) is 2.51. The number of aliphatic carboxylic acids is 1. The third-order valence-corrected chi connectivity index (χ3v) is 3.48. The predicted octanol–water partition coefficient (Wildman–Crippen LogP) is 2.21. The van der Waals surface area contributed by atoms with Crippen LogP contribution in [-0.4, -0.2) is 23.5 Å².